The van der Waals surface area contributed by atoms with Gasteiger partial charge in [-0.25, -0.2) is 4.79 Å². The number of aromatic amines is 1. The Bertz CT molecular complexity index is 664. The Morgan fingerprint density at radius 3 is 2.86 bits per heavy atom. The van der Waals surface area contributed by atoms with Crippen molar-refractivity contribution in [3.05, 3.63) is 47.3 Å². The molecule has 0 spiro atoms. The molecule has 114 valence electrons. The van der Waals surface area contributed by atoms with Crippen LogP contribution in [-0.2, 0) is 11.3 Å². The number of nitrogens with zero attached hydrogens (tertiary/aromatic N) is 4. The number of methoxy groups -OCH3 is 1. The van der Waals surface area contributed by atoms with Gasteiger partial charge in [0.2, 0.25) is 5.82 Å². The largest absolute Gasteiger partial charge is 0.465 e. The van der Waals surface area contributed by atoms with Crippen molar-refractivity contribution in [3.8, 4) is 0 Å². The molecule has 1 aliphatic heterocycles. The van der Waals surface area contributed by atoms with Crippen LogP contribution in [0.15, 0.2) is 30.3 Å². The van der Waals surface area contributed by atoms with Gasteiger partial charge in [0, 0.05) is 25.2 Å². The van der Waals surface area contributed by atoms with E-state index in [-0.39, 0.29) is 5.97 Å². The summed E-state index contributed by atoms with van der Waals surface area (Å²) in [5, 5.41) is 14.1. The molecule has 1 N–H and O–H groups in total. The first-order valence-corrected chi connectivity index (χ1v) is 7.09. The van der Waals surface area contributed by atoms with E-state index in [0.29, 0.717) is 11.4 Å². The van der Waals surface area contributed by atoms with Crippen molar-refractivity contribution in [2.24, 2.45) is 0 Å². The number of esters is 1. The first-order valence-electron chi connectivity index (χ1n) is 7.09. The van der Waals surface area contributed by atoms with Gasteiger partial charge in [0.25, 0.3) is 0 Å². The molecule has 0 saturated heterocycles. The molecule has 0 unspecified atom stereocenters. The summed E-state index contributed by atoms with van der Waals surface area (Å²) in [6.45, 7) is 2.59. The summed E-state index contributed by atoms with van der Waals surface area (Å²) < 4.78 is 4.70. The lowest BCUT2D eigenvalue weighted by Gasteiger charge is -2.26. The van der Waals surface area contributed by atoms with Crippen LogP contribution in [0.1, 0.15) is 28.2 Å². The van der Waals surface area contributed by atoms with E-state index in [4.69, 9.17) is 4.74 Å². The van der Waals surface area contributed by atoms with Crippen LogP contribution in [0.2, 0.25) is 0 Å². The lowest BCUT2D eigenvalue weighted by Crippen LogP contribution is -2.29. The first-order chi connectivity index (χ1) is 10.8. The minimum absolute atomic E-state index is 0.313. The molecule has 3 rings (SSSR count). The van der Waals surface area contributed by atoms with E-state index in [1.165, 1.54) is 7.11 Å². The Morgan fingerprint density at radius 2 is 2.18 bits per heavy atom. The van der Waals surface area contributed by atoms with Crippen LogP contribution in [0.5, 0.6) is 0 Å². The second-order valence-electron chi connectivity index (χ2n) is 5.15. The number of nitrogens with one attached hydrogen (secondary N) is 1. The molecular formula is C15H17N5O2. The molecule has 22 heavy (non-hydrogen) atoms. The average Bonchev–Trinajstić information content (AvgIpc) is 3.10. The molecule has 1 aromatic heterocycles. The molecule has 2 aromatic rings. The Balaban J connectivity index is 1.64. The molecule has 7 nitrogen and oxygen atoms in total. The summed E-state index contributed by atoms with van der Waals surface area (Å²) in [4.78, 5) is 13.7. The third-order valence-electron chi connectivity index (χ3n) is 3.64. The minimum atomic E-state index is -0.313. The fraction of sp³-hybridized carbons (Fsp3) is 0.333. The van der Waals surface area contributed by atoms with Crippen LogP contribution in [-0.4, -0.2) is 51.7 Å². The SMILES string of the molecule is COC(=O)c1ccc(CN2CCC=C(c3nn[nH]n3)C2)cc1. The van der Waals surface area contributed by atoms with Gasteiger partial charge < -0.3 is 4.74 Å². The topological polar surface area (TPSA) is 84.0 Å². The van der Waals surface area contributed by atoms with E-state index >= 15 is 0 Å². The number of hydrogen-bond acceptors (Lipinski definition) is 6. The fourth-order valence-corrected chi connectivity index (χ4v) is 2.52. The van der Waals surface area contributed by atoms with Gasteiger partial charge >= 0.3 is 5.97 Å². The molecule has 7 heteroatoms. The van der Waals surface area contributed by atoms with Crippen molar-refractivity contribution < 1.29 is 9.53 Å². The highest BCUT2D eigenvalue weighted by Crippen LogP contribution is 2.19. The lowest BCUT2D eigenvalue weighted by atomic mass is 10.1. The highest BCUT2D eigenvalue weighted by molar-refractivity contribution is 5.89. The van der Waals surface area contributed by atoms with Crippen molar-refractivity contribution in [2.75, 3.05) is 20.2 Å². The Labute approximate surface area is 128 Å². The quantitative estimate of drug-likeness (QED) is 0.856. The predicted octanol–water partition coefficient (Wildman–Crippen LogP) is 1.28. The molecule has 0 saturated carbocycles. The zero-order chi connectivity index (χ0) is 15.4. The van der Waals surface area contributed by atoms with Crippen LogP contribution < -0.4 is 0 Å². The van der Waals surface area contributed by atoms with Gasteiger partial charge in [-0.3, -0.25) is 4.90 Å². The second kappa shape index (κ2) is 6.48. The molecule has 0 radical (unpaired) electrons. The summed E-state index contributed by atoms with van der Waals surface area (Å²) in [5.74, 6) is 0.345. The third kappa shape index (κ3) is 3.20. The summed E-state index contributed by atoms with van der Waals surface area (Å²) in [7, 11) is 1.38. The predicted molar refractivity (Wildman–Crippen MR) is 79.8 cm³/mol. The summed E-state index contributed by atoms with van der Waals surface area (Å²) in [6.07, 6.45) is 3.12. The Morgan fingerprint density at radius 1 is 1.36 bits per heavy atom. The van der Waals surface area contributed by atoms with Gasteiger partial charge in [-0.2, -0.15) is 5.21 Å². The molecule has 0 atom stereocenters. The van der Waals surface area contributed by atoms with Gasteiger partial charge in [-0.05, 0) is 29.3 Å². The van der Waals surface area contributed by atoms with Crippen molar-refractivity contribution in [2.45, 2.75) is 13.0 Å². The minimum Gasteiger partial charge on any atom is -0.465 e. The number of rotatable bonds is 4. The lowest BCUT2D eigenvalue weighted by molar-refractivity contribution is 0.0600. The number of hydrogen-bond donors (Lipinski definition) is 1. The van der Waals surface area contributed by atoms with E-state index < -0.39 is 0 Å². The monoisotopic (exact) mass is 299 g/mol. The fourth-order valence-electron chi connectivity index (χ4n) is 2.52. The van der Waals surface area contributed by atoms with E-state index in [2.05, 4.69) is 31.6 Å². The normalized spacial score (nSPS) is 15.4. The Kier molecular flexibility index (Phi) is 4.24. The second-order valence-corrected chi connectivity index (χ2v) is 5.15. The number of ether oxygens (including phenoxy) is 1. The van der Waals surface area contributed by atoms with E-state index in [1.807, 2.05) is 12.1 Å². The summed E-state index contributed by atoms with van der Waals surface area (Å²) in [5.41, 5.74) is 2.81. The maximum absolute atomic E-state index is 11.4. The van der Waals surface area contributed by atoms with Crippen molar-refractivity contribution in [1.29, 1.82) is 0 Å². The Hall–Kier alpha value is -2.54. The van der Waals surface area contributed by atoms with Crippen LogP contribution in [0.3, 0.4) is 0 Å². The molecule has 0 fully saturated rings. The third-order valence-corrected chi connectivity index (χ3v) is 3.64. The number of carbonyl (C=O) groups is 1. The van der Waals surface area contributed by atoms with Crippen molar-refractivity contribution in [1.82, 2.24) is 25.5 Å². The average molecular weight is 299 g/mol. The number of aromatic nitrogens is 4. The van der Waals surface area contributed by atoms with E-state index in [0.717, 1.165) is 37.2 Å². The van der Waals surface area contributed by atoms with Crippen LogP contribution in [0, 0.1) is 0 Å². The zero-order valence-corrected chi connectivity index (χ0v) is 12.3. The molecule has 0 bridgehead atoms. The van der Waals surface area contributed by atoms with Gasteiger partial charge in [0.15, 0.2) is 0 Å². The maximum atomic E-state index is 11.4. The highest BCUT2D eigenvalue weighted by Gasteiger charge is 2.17. The zero-order valence-electron chi connectivity index (χ0n) is 12.3. The number of H-pyrrole nitrogens is 1. The molecule has 0 amide bonds. The number of tetrazole rings is 1. The standard InChI is InChI=1S/C15H17N5O2/c1-22-15(21)12-6-4-11(5-7-12)9-20-8-2-3-13(10-20)14-16-18-19-17-14/h3-7H,2,8-10H2,1H3,(H,16,17,18,19). The molecule has 2 heterocycles. The van der Waals surface area contributed by atoms with Crippen molar-refractivity contribution >= 4 is 11.5 Å². The van der Waals surface area contributed by atoms with Gasteiger partial charge in [-0.15, -0.1) is 10.2 Å². The molecular weight excluding hydrogens is 282 g/mol. The number of carbonyl (C=O) groups excluding carboxylic acids is 1. The maximum Gasteiger partial charge on any atom is 0.337 e. The van der Waals surface area contributed by atoms with Crippen LogP contribution in [0.4, 0.5) is 0 Å². The van der Waals surface area contributed by atoms with E-state index in [1.54, 1.807) is 12.1 Å². The van der Waals surface area contributed by atoms with Gasteiger partial charge in [0.1, 0.15) is 0 Å². The van der Waals surface area contributed by atoms with Crippen LogP contribution in [0.25, 0.3) is 5.57 Å². The number of benzene rings is 1. The smallest absolute Gasteiger partial charge is 0.337 e. The summed E-state index contributed by atoms with van der Waals surface area (Å²) in [6, 6.07) is 7.50. The first kappa shape index (κ1) is 14.4. The molecule has 1 aromatic carbocycles. The highest BCUT2D eigenvalue weighted by atomic mass is 16.5. The van der Waals surface area contributed by atoms with Gasteiger partial charge in [0.05, 0.1) is 12.7 Å². The van der Waals surface area contributed by atoms with Crippen molar-refractivity contribution in [3.63, 3.8) is 0 Å². The molecule has 0 aliphatic carbocycles. The molecule has 1 aliphatic rings. The summed E-state index contributed by atoms with van der Waals surface area (Å²) >= 11 is 0. The van der Waals surface area contributed by atoms with E-state index in [9.17, 15) is 4.79 Å². The van der Waals surface area contributed by atoms with Crippen LogP contribution >= 0.6 is 0 Å². The van der Waals surface area contributed by atoms with Gasteiger partial charge in [-0.1, -0.05) is 18.2 Å².